The van der Waals surface area contributed by atoms with Crippen LogP contribution in [-0.4, -0.2) is 37.0 Å². The van der Waals surface area contributed by atoms with Gasteiger partial charge in [-0.05, 0) is 13.2 Å². The fraction of sp³-hybridized carbons (Fsp3) is 1.00. The molecule has 1 aliphatic rings. The normalized spacial score (nSPS) is 32.0. The summed E-state index contributed by atoms with van der Waals surface area (Å²) < 4.78 is 28.7. The van der Waals surface area contributed by atoms with Gasteiger partial charge in [-0.15, -0.1) is 3.71 Å². The van der Waals surface area contributed by atoms with Crippen LogP contribution < -0.4 is 0 Å². The van der Waals surface area contributed by atoms with Crippen molar-refractivity contribution in [1.29, 1.82) is 0 Å². The van der Waals surface area contributed by atoms with Gasteiger partial charge < -0.3 is 4.74 Å². The van der Waals surface area contributed by atoms with Crippen LogP contribution in [0, 0.1) is 0 Å². The zero-order valence-electron chi connectivity index (χ0n) is 6.48. The Morgan fingerprint density at radius 2 is 2.27 bits per heavy atom. The molecule has 0 N–H and O–H groups in total. The minimum Gasteiger partial charge on any atom is -0.362 e. The van der Waals surface area contributed by atoms with Crippen molar-refractivity contribution >= 4 is 22.0 Å². The lowest BCUT2D eigenvalue weighted by Gasteiger charge is -2.29. The van der Waals surface area contributed by atoms with Gasteiger partial charge in [-0.25, -0.2) is 8.42 Å². The second kappa shape index (κ2) is 3.30. The molecule has 0 unspecified atom stereocenters. The highest BCUT2D eigenvalue weighted by atomic mass is 32.3. The van der Waals surface area contributed by atoms with Crippen LogP contribution in [0.15, 0.2) is 0 Å². The number of hydrogen-bond acceptors (Lipinski definition) is 4. The van der Waals surface area contributed by atoms with E-state index in [9.17, 15) is 8.42 Å². The Bertz CT molecular complexity index is 226. The lowest BCUT2D eigenvalue weighted by atomic mass is 10.4. The molecule has 0 aromatic rings. The SMILES string of the molecule is CSN1[C@@H](C)COCS1(=O)=O. The summed E-state index contributed by atoms with van der Waals surface area (Å²) in [6.07, 6.45) is 1.75. The summed E-state index contributed by atoms with van der Waals surface area (Å²) in [5.74, 6) is -0.182. The van der Waals surface area contributed by atoms with E-state index in [2.05, 4.69) is 0 Å². The van der Waals surface area contributed by atoms with Crippen molar-refractivity contribution in [2.45, 2.75) is 13.0 Å². The van der Waals surface area contributed by atoms with Gasteiger partial charge in [-0.2, -0.15) is 0 Å². The molecule has 1 atom stereocenters. The summed E-state index contributed by atoms with van der Waals surface area (Å²) in [6, 6.07) is -0.0521. The molecular formula is C5H11NO3S2. The molecule has 0 bridgehead atoms. The first-order valence-electron chi connectivity index (χ1n) is 3.22. The molecule has 0 saturated carbocycles. The standard InChI is InChI=1S/C5H11NO3S2/c1-5-3-9-4-11(7,8)6(5)10-2/h5H,3-4H2,1-2H3/t5-/m0/s1. The predicted octanol–water partition coefficient (Wildman–Crippen LogP) is 0.272. The van der Waals surface area contributed by atoms with Gasteiger partial charge in [0, 0.05) is 0 Å². The van der Waals surface area contributed by atoms with Crippen LogP contribution in [0.25, 0.3) is 0 Å². The van der Waals surface area contributed by atoms with Crippen LogP contribution in [0.1, 0.15) is 6.92 Å². The molecule has 11 heavy (non-hydrogen) atoms. The highest BCUT2D eigenvalue weighted by Crippen LogP contribution is 2.21. The summed E-state index contributed by atoms with van der Waals surface area (Å²) in [6.45, 7) is 2.31. The van der Waals surface area contributed by atoms with E-state index >= 15 is 0 Å². The molecule has 1 fully saturated rings. The predicted molar refractivity (Wildman–Crippen MR) is 44.6 cm³/mol. The van der Waals surface area contributed by atoms with Crippen LogP contribution in [0.5, 0.6) is 0 Å². The number of sulfonamides is 1. The lowest BCUT2D eigenvalue weighted by Crippen LogP contribution is -2.42. The smallest absolute Gasteiger partial charge is 0.247 e. The van der Waals surface area contributed by atoms with Crippen molar-refractivity contribution in [3.63, 3.8) is 0 Å². The highest BCUT2D eigenvalue weighted by Gasteiger charge is 2.31. The van der Waals surface area contributed by atoms with E-state index < -0.39 is 10.0 Å². The van der Waals surface area contributed by atoms with E-state index in [1.54, 1.807) is 6.26 Å². The third-order valence-corrected chi connectivity index (χ3v) is 4.63. The summed E-state index contributed by atoms with van der Waals surface area (Å²) in [7, 11) is -3.15. The minimum absolute atomic E-state index is 0.0521. The minimum atomic E-state index is -3.15. The summed E-state index contributed by atoms with van der Waals surface area (Å²) in [5.41, 5.74) is 0. The third kappa shape index (κ3) is 1.87. The van der Waals surface area contributed by atoms with Crippen LogP contribution in [0.2, 0.25) is 0 Å². The third-order valence-electron chi connectivity index (χ3n) is 1.41. The van der Waals surface area contributed by atoms with Gasteiger partial charge in [0.15, 0.2) is 5.94 Å². The van der Waals surface area contributed by atoms with Gasteiger partial charge in [-0.1, -0.05) is 11.9 Å². The Hall–Kier alpha value is 0.220. The molecule has 1 heterocycles. The molecule has 66 valence electrons. The monoisotopic (exact) mass is 197 g/mol. The quantitative estimate of drug-likeness (QED) is 0.566. The Labute approximate surface area is 71.1 Å². The van der Waals surface area contributed by atoms with Crippen molar-refractivity contribution in [2.24, 2.45) is 0 Å². The van der Waals surface area contributed by atoms with Crippen molar-refractivity contribution in [3.05, 3.63) is 0 Å². The Balaban J connectivity index is 2.81. The number of ether oxygens (including phenoxy) is 1. The van der Waals surface area contributed by atoms with Gasteiger partial charge in [0.1, 0.15) is 0 Å². The first-order valence-corrected chi connectivity index (χ1v) is 6.01. The maximum Gasteiger partial charge on any atom is 0.247 e. The van der Waals surface area contributed by atoms with Crippen molar-refractivity contribution < 1.29 is 13.2 Å². The molecule has 0 aromatic carbocycles. The number of rotatable bonds is 1. The number of hydrogen-bond donors (Lipinski definition) is 0. The molecule has 0 amide bonds. The lowest BCUT2D eigenvalue weighted by molar-refractivity contribution is 0.123. The van der Waals surface area contributed by atoms with E-state index in [1.165, 1.54) is 15.7 Å². The largest absolute Gasteiger partial charge is 0.362 e. The summed E-state index contributed by atoms with van der Waals surface area (Å²) in [5, 5.41) is 0. The molecule has 0 radical (unpaired) electrons. The van der Waals surface area contributed by atoms with Gasteiger partial charge in [0.05, 0.1) is 12.6 Å². The zero-order valence-corrected chi connectivity index (χ0v) is 8.11. The van der Waals surface area contributed by atoms with Crippen molar-refractivity contribution in [1.82, 2.24) is 3.71 Å². The molecular weight excluding hydrogens is 186 g/mol. The van der Waals surface area contributed by atoms with E-state index in [0.29, 0.717) is 6.61 Å². The van der Waals surface area contributed by atoms with Gasteiger partial charge in [-0.3, -0.25) is 0 Å². The topological polar surface area (TPSA) is 46.6 Å². The molecule has 1 saturated heterocycles. The molecule has 1 aliphatic heterocycles. The molecule has 4 nitrogen and oxygen atoms in total. The van der Waals surface area contributed by atoms with Crippen LogP contribution >= 0.6 is 11.9 Å². The molecule has 6 heteroatoms. The second-order valence-corrected chi connectivity index (χ2v) is 5.17. The molecule has 0 aromatic heterocycles. The van der Waals surface area contributed by atoms with Gasteiger partial charge >= 0.3 is 0 Å². The first-order chi connectivity index (χ1) is 5.08. The first kappa shape index (κ1) is 9.31. The Morgan fingerprint density at radius 3 is 2.64 bits per heavy atom. The van der Waals surface area contributed by atoms with Gasteiger partial charge in [0.2, 0.25) is 10.0 Å². The van der Waals surface area contributed by atoms with E-state index in [0.717, 1.165) is 0 Å². The zero-order chi connectivity index (χ0) is 8.48. The van der Waals surface area contributed by atoms with E-state index in [1.807, 2.05) is 6.92 Å². The average molecular weight is 197 g/mol. The average Bonchev–Trinajstić information content (AvgIpc) is 1.86. The van der Waals surface area contributed by atoms with Crippen molar-refractivity contribution in [2.75, 3.05) is 18.8 Å². The maximum atomic E-state index is 11.2. The number of nitrogens with zero attached hydrogens (tertiary/aromatic N) is 1. The highest BCUT2D eigenvalue weighted by molar-refractivity contribution is 8.08. The fourth-order valence-electron chi connectivity index (χ4n) is 1.00. The van der Waals surface area contributed by atoms with Crippen molar-refractivity contribution in [3.8, 4) is 0 Å². The van der Waals surface area contributed by atoms with E-state index in [-0.39, 0.29) is 12.0 Å². The summed E-state index contributed by atoms with van der Waals surface area (Å²) >= 11 is 1.23. The summed E-state index contributed by atoms with van der Waals surface area (Å²) in [4.78, 5) is 0. The van der Waals surface area contributed by atoms with Crippen LogP contribution in [-0.2, 0) is 14.8 Å². The maximum absolute atomic E-state index is 11.2. The van der Waals surface area contributed by atoms with Crippen LogP contribution in [0.4, 0.5) is 0 Å². The van der Waals surface area contributed by atoms with E-state index in [4.69, 9.17) is 4.74 Å². The Morgan fingerprint density at radius 1 is 1.64 bits per heavy atom. The fourth-order valence-corrected chi connectivity index (χ4v) is 3.48. The van der Waals surface area contributed by atoms with Gasteiger partial charge in [0.25, 0.3) is 0 Å². The van der Waals surface area contributed by atoms with Crippen LogP contribution in [0.3, 0.4) is 0 Å². The molecule has 0 spiro atoms. The Kier molecular flexibility index (Phi) is 2.79. The molecule has 1 rings (SSSR count). The molecule has 0 aliphatic carbocycles. The second-order valence-electron chi connectivity index (χ2n) is 2.39.